The summed E-state index contributed by atoms with van der Waals surface area (Å²) in [6.07, 6.45) is 19.7. The Balaban J connectivity index is 2.19. The zero-order valence-electron chi connectivity index (χ0n) is 20.4. The third-order valence-electron chi connectivity index (χ3n) is 7.64. The molecule has 0 saturated heterocycles. The van der Waals surface area contributed by atoms with Crippen molar-refractivity contribution in [3.63, 3.8) is 0 Å². The molecule has 0 N–H and O–H groups in total. The van der Waals surface area contributed by atoms with Crippen LogP contribution < -0.4 is 0 Å². The summed E-state index contributed by atoms with van der Waals surface area (Å²) in [5.74, 6) is 0. The van der Waals surface area contributed by atoms with Gasteiger partial charge in [0.15, 0.2) is 0 Å². The molecule has 5 heteroatoms. The summed E-state index contributed by atoms with van der Waals surface area (Å²) in [7, 11) is -3.06. The van der Waals surface area contributed by atoms with E-state index in [1.807, 2.05) is 0 Å². The standard InChI is InChI=1S/C26H48O4Si/c1-3-5-7-15-21-29-25(27)31(23-17-11-9-12-18-23,24-19-13-10-14-20-24)26(28)30-22-16-8-6-4-2/h23-24H,3-22H2,1-2H3. The Kier molecular flexibility index (Phi) is 12.8. The lowest BCUT2D eigenvalue weighted by molar-refractivity contribution is 0.154. The quantitative estimate of drug-likeness (QED) is 0.195. The Labute approximate surface area is 192 Å². The second-order valence-electron chi connectivity index (χ2n) is 9.93. The van der Waals surface area contributed by atoms with Gasteiger partial charge in [-0.05, 0) is 23.9 Å². The van der Waals surface area contributed by atoms with Crippen molar-refractivity contribution >= 4 is 19.3 Å². The van der Waals surface area contributed by atoms with Crippen LogP contribution in [0.2, 0.25) is 11.1 Å². The summed E-state index contributed by atoms with van der Waals surface area (Å²) in [6.45, 7) is 5.31. The Morgan fingerprint density at radius 3 is 1.35 bits per heavy atom. The fourth-order valence-corrected chi connectivity index (χ4v) is 11.3. The molecular formula is C26H48O4Si. The van der Waals surface area contributed by atoms with E-state index in [1.165, 1.54) is 38.5 Å². The lowest BCUT2D eigenvalue weighted by atomic mass is 9.99. The molecule has 0 atom stereocenters. The van der Waals surface area contributed by atoms with Gasteiger partial charge >= 0.3 is 8.07 Å². The topological polar surface area (TPSA) is 52.6 Å². The fourth-order valence-electron chi connectivity index (χ4n) is 5.83. The molecule has 0 heterocycles. The monoisotopic (exact) mass is 452 g/mol. The number of hydrogen-bond acceptors (Lipinski definition) is 4. The summed E-state index contributed by atoms with van der Waals surface area (Å²) in [5.41, 5.74) is 0.189. The normalized spacial score (nSPS) is 18.6. The number of carbonyl (C=O) groups excluding carboxylic acids is 2. The van der Waals surface area contributed by atoms with E-state index in [9.17, 15) is 9.59 Å². The van der Waals surface area contributed by atoms with Gasteiger partial charge in [0.25, 0.3) is 11.2 Å². The number of hydrogen-bond donors (Lipinski definition) is 0. The maximum atomic E-state index is 13.8. The highest BCUT2D eigenvalue weighted by Gasteiger charge is 2.63. The summed E-state index contributed by atoms with van der Waals surface area (Å²) in [6, 6.07) is 0. The summed E-state index contributed by atoms with van der Waals surface area (Å²) >= 11 is 0. The summed E-state index contributed by atoms with van der Waals surface area (Å²) in [5, 5.41) is 0. The van der Waals surface area contributed by atoms with Crippen molar-refractivity contribution in [1.82, 2.24) is 0 Å². The Morgan fingerprint density at radius 2 is 1.00 bits per heavy atom. The Morgan fingerprint density at radius 1 is 0.613 bits per heavy atom. The van der Waals surface area contributed by atoms with Gasteiger partial charge in [0.05, 0.1) is 13.2 Å². The lowest BCUT2D eigenvalue weighted by Crippen LogP contribution is -2.61. The number of rotatable bonds is 14. The third kappa shape index (κ3) is 7.61. The number of ether oxygens (including phenoxy) is 2. The van der Waals surface area contributed by atoms with E-state index < -0.39 is 8.07 Å². The van der Waals surface area contributed by atoms with Gasteiger partial charge in [-0.15, -0.1) is 0 Å². The van der Waals surface area contributed by atoms with Crippen molar-refractivity contribution in [1.29, 1.82) is 0 Å². The molecule has 2 aliphatic rings. The molecule has 0 aliphatic heterocycles. The first-order valence-corrected chi connectivity index (χ1v) is 15.7. The second-order valence-corrected chi connectivity index (χ2v) is 14.1. The highest BCUT2D eigenvalue weighted by atomic mass is 28.3. The molecule has 0 spiro atoms. The predicted molar refractivity (Wildman–Crippen MR) is 130 cm³/mol. The first-order chi connectivity index (χ1) is 15.2. The van der Waals surface area contributed by atoms with Gasteiger partial charge in [0.2, 0.25) is 0 Å². The molecule has 2 fully saturated rings. The zero-order chi connectivity index (χ0) is 22.4. The van der Waals surface area contributed by atoms with E-state index >= 15 is 0 Å². The average molecular weight is 453 g/mol. The van der Waals surface area contributed by atoms with Gasteiger partial charge < -0.3 is 9.47 Å². The average Bonchev–Trinajstić information content (AvgIpc) is 2.81. The van der Waals surface area contributed by atoms with Crippen LogP contribution in [-0.2, 0) is 9.47 Å². The van der Waals surface area contributed by atoms with Crippen LogP contribution in [0, 0.1) is 0 Å². The molecule has 0 aromatic rings. The molecule has 0 amide bonds. The maximum absolute atomic E-state index is 13.8. The van der Waals surface area contributed by atoms with E-state index in [0.717, 1.165) is 77.0 Å². The minimum Gasteiger partial charge on any atom is -0.470 e. The summed E-state index contributed by atoms with van der Waals surface area (Å²) < 4.78 is 11.9. The molecule has 0 radical (unpaired) electrons. The highest BCUT2D eigenvalue weighted by Crippen LogP contribution is 2.50. The molecule has 0 bridgehead atoms. The minimum absolute atomic E-state index is 0.124. The van der Waals surface area contributed by atoms with Crippen LogP contribution in [0.1, 0.15) is 129 Å². The van der Waals surface area contributed by atoms with Crippen LogP contribution in [0.25, 0.3) is 0 Å². The zero-order valence-corrected chi connectivity index (χ0v) is 21.4. The second kappa shape index (κ2) is 15.1. The van der Waals surface area contributed by atoms with Crippen LogP contribution in [0.15, 0.2) is 0 Å². The van der Waals surface area contributed by atoms with Gasteiger partial charge in [0, 0.05) is 0 Å². The van der Waals surface area contributed by atoms with Gasteiger partial charge in [-0.3, -0.25) is 9.59 Å². The van der Waals surface area contributed by atoms with E-state index in [-0.39, 0.29) is 22.3 Å². The molecule has 2 rings (SSSR count). The van der Waals surface area contributed by atoms with Crippen LogP contribution in [0.5, 0.6) is 0 Å². The van der Waals surface area contributed by atoms with Gasteiger partial charge in [-0.2, -0.15) is 0 Å². The van der Waals surface area contributed by atoms with Crippen molar-refractivity contribution in [2.24, 2.45) is 0 Å². The smallest absolute Gasteiger partial charge is 0.317 e. The first kappa shape index (κ1) is 26.4. The molecule has 2 saturated carbocycles. The van der Waals surface area contributed by atoms with Crippen LogP contribution in [0.3, 0.4) is 0 Å². The van der Waals surface area contributed by atoms with Crippen molar-refractivity contribution in [3.05, 3.63) is 0 Å². The van der Waals surface area contributed by atoms with Crippen LogP contribution >= 0.6 is 0 Å². The number of carbonyl (C=O) groups is 2. The van der Waals surface area contributed by atoms with Crippen molar-refractivity contribution < 1.29 is 19.1 Å². The largest absolute Gasteiger partial charge is 0.470 e. The molecule has 0 aromatic heterocycles. The van der Waals surface area contributed by atoms with Gasteiger partial charge in [-0.1, -0.05) is 117 Å². The molecular weight excluding hydrogens is 404 g/mol. The molecule has 0 unspecified atom stereocenters. The predicted octanol–water partition coefficient (Wildman–Crippen LogP) is 8.70. The van der Waals surface area contributed by atoms with Crippen molar-refractivity contribution in [3.8, 4) is 0 Å². The van der Waals surface area contributed by atoms with Crippen molar-refractivity contribution in [2.45, 2.75) is 141 Å². The highest BCUT2D eigenvalue weighted by molar-refractivity contribution is 7.25. The van der Waals surface area contributed by atoms with E-state index in [4.69, 9.17) is 9.47 Å². The van der Waals surface area contributed by atoms with Gasteiger partial charge in [0.1, 0.15) is 0 Å². The third-order valence-corrected chi connectivity index (χ3v) is 13.0. The van der Waals surface area contributed by atoms with E-state index in [0.29, 0.717) is 13.2 Å². The van der Waals surface area contributed by atoms with Crippen LogP contribution in [0.4, 0.5) is 9.59 Å². The van der Waals surface area contributed by atoms with Crippen LogP contribution in [-0.4, -0.2) is 32.5 Å². The van der Waals surface area contributed by atoms with E-state index in [2.05, 4.69) is 13.8 Å². The van der Waals surface area contributed by atoms with E-state index in [1.54, 1.807) is 0 Å². The minimum atomic E-state index is -3.06. The molecule has 2 aliphatic carbocycles. The molecule has 4 nitrogen and oxygen atoms in total. The SMILES string of the molecule is CCCCCCOC(=O)[Si](C(=O)OCCCCCC)(C1CCCCC1)C1CCCCC1. The van der Waals surface area contributed by atoms with Gasteiger partial charge in [-0.25, -0.2) is 0 Å². The fraction of sp³-hybridized carbons (Fsp3) is 0.923. The summed E-state index contributed by atoms with van der Waals surface area (Å²) in [4.78, 5) is 27.6. The molecule has 31 heavy (non-hydrogen) atoms. The first-order valence-electron chi connectivity index (χ1n) is 13.5. The number of unbranched alkanes of at least 4 members (excludes halogenated alkanes) is 6. The Hall–Kier alpha value is -0.843. The maximum Gasteiger partial charge on any atom is 0.317 e. The molecule has 180 valence electrons. The molecule has 0 aromatic carbocycles. The Bertz CT molecular complexity index is 464. The van der Waals surface area contributed by atoms with Crippen molar-refractivity contribution in [2.75, 3.05) is 13.2 Å². The lowest BCUT2D eigenvalue weighted by Gasteiger charge is -2.42.